The van der Waals surface area contributed by atoms with E-state index in [1.807, 2.05) is 0 Å². The molecule has 2 aromatic rings. The van der Waals surface area contributed by atoms with Crippen LogP contribution in [0.15, 0.2) is 48.5 Å². The van der Waals surface area contributed by atoms with Crippen molar-refractivity contribution >= 4 is 23.5 Å². The van der Waals surface area contributed by atoms with Crippen molar-refractivity contribution in [3.05, 3.63) is 70.5 Å². The lowest BCUT2D eigenvalue weighted by Crippen LogP contribution is -2.33. The molecule has 2 aromatic carbocycles. The molecule has 0 saturated carbocycles. The van der Waals surface area contributed by atoms with Gasteiger partial charge in [0.15, 0.2) is 0 Å². The number of nitrogens with zero attached hydrogens (tertiary/aromatic N) is 1. The zero-order valence-electron chi connectivity index (χ0n) is 13.2. The molecule has 0 aliphatic rings. The fourth-order valence-electron chi connectivity index (χ4n) is 2.20. The van der Waals surface area contributed by atoms with Gasteiger partial charge in [0.1, 0.15) is 5.82 Å². The van der Waals surface area contributed by atoms with E-state index in [1.165, 1.54) is 24.1 Å². The number of rotatable bonds is 6. The predicted molar refractivity (Wildman–Crippen MR) is 89.2 cm³/mol. The minimum absolute atomic E-state index is 0.0634. The van der Waals surface area contributed by atoms with E-state index in [1.54, 1.807) is 36.4 Å². The van der Waals surface area contributed by atoms with Gasteiger partial charge in [0.05, 0.1) is 24.1 Å². The third-order valence-corrected chi connectivity index (χ3v) is 3.82. The molecule has 24 heavy (non-hydrogen) atoms. The predicted octanol–water partition coefficient (Wildman–Crippen LogP) is 3.68. The first-order valence-electron chi connectivity index (χ1n) is 7.36. The van der Waals surface area contributed by atoms with Crippen LogP contribution in [0.2, 0.25) is 5.02 Å². The van der Waals surface area contributed by atoms with E-state index in [2.05, 4.69) is 4.74 Å². The highest BCUT2D eigenvalue weighted by Gasteiger charge is 2.19. The molecule has 126 valence electrons. The van der Waals surface area contributed by atoms with Crippen molar-refractivity contribution in [2.45, 2.75) is 13.0 Å². The lowest BCUT2D eigenvalue weighted by Gasteiger charge is -2.23. The number of methoxy groups -OCH3 is 1. The van der Waals surface area contributed by atoms with Gasteiger partial charge in [0.25, 0.3) is 5.91 Å². The molecule has 0 aromatic heterocycles. The summed E-state index contributed by atoms with van der Waals surface area (Å²) in [6.07, 6.45) is 0.0634. The fraction of sp³-hybridized carbons (Fsp3) is 0.222. The first kappa shape index (κ1) is 17.9. The monoisotopic (exact) mass is 349 g/mol. The summed E-state index contributed by atoms with van der Waals surface area (Å²) in [5, 5.41) is 0.338. The summed E-state index contributed by atoms with van der Waals surface area (Å²) < 4.78 is 17.7. The molecule has 1 amide bonds. The van der Waals surface area contributed by atoms with Crippen LogP contribution in [0.1, 0.15) is 22.3 Å². The van der Waals surface area contributed by atoms with Crippen LogP contribution in [0.3, 0.4) is 0 Å². The lowest BCUT2D eigenvalue weighted by molar-refractivity contribution is -0.140. The van der Waals surface area contributed by atoms with Crippen LogP contribution in [-0.4, -0.2) is 30.4 Å². The minimum atomic E-state index is -0.411. The number of halogens is 2. The number of esters is 1. The largest absolute Gasteiger partial charge is 0.469 e. The third-order valence-electron chi connectivity index (χ3n) is 3.49. The zero-order valence-corrected chi connectivity index (χ0v) is 13.9. The van der Waals surface area contributed by atoms with E-state index >= 15 is 0 Å². The van der Waals surface area contributed by atoms with Crippen molar-refractivity contribution < 1.29 is 18.7 Å². The Balaban J connectivity index is 2.21. The topological polar surface area (TPSA) is 46.6 Å². The van der Waals surface area contributed by atoms with Crippen LogP contribution in [-0.2, 0) is 16.1 Å². The Morgan fingerprint density at radius 1 is 1.12 bits per heavy atom. The van der Waals surface area contributed by atoms with E-state index < -0.39 is 5.97 Å². The Kier molecular flexibility index (Phi) is 6.32. The third kappa shape index (κ3) is 4.80. The molecular weight excluding hydrogens is 333 g/mol. The van der Waals surface area contributed by atoms with Gasteiger partial charge in [-0.05, 0) is 29.8 Å². The van der Waals surface area contributed by atoms with Crippen molar-refractivity contribution in [3.8, 4) is 0 Å². The number of hydrogen-bond donors (Lipinski definition) is 0. The number of benzene rings is 2. The van der Waals surface area contributed by atoms with Gasteiger partial charge in [-0.2, -0.15) is 0 Å². The molecule has 0 aliphatic carbocycles. The summed E-state index contributed by atoms with van der Waals surface area (Å²) in [6.45, 7) is 0.412. The first-order valence-corrected chi connectivity index (χ1v) is 7.74. The fourth-order valence-corrected chi connectivity index (χ4v) is 2.41. The highest BCUT2D eigenvalue weighted by atomic mass is 35.5. The average Bonchev–Trinajstić information content (AvgIpc) is 2.59. The maximum absolute atomic E-state index is 13.0. The van der Waals surface area contributed by atoms with E-state index in [0.717, 1.165) is 5.56 Å². The molecule has 0 saturated heterocycles. The highest BCUT2D eigenvalue weighted by Crippen LogP contribution is 2.19. The molecule has 0 heterocycles. The molecule has 0 unspecified atom stereocenters. The van der Waals surface area contributed by atoms with Crippen LogP contribution in [0, 0.1) is 5.82 Å². The van der Waals surface area contributed by atoms with Gasteiger partial charge >= 0.3 is 5.97 Å². The van der Waals surface area contributed by atoms with Crippen molar-refractivity contribution in [2.75, 3.05) is 13.7 Å². The summed E-state index contributed by atoms with van der Waals surface area (Å²) in [6, 6.07) is 12.6. The first-order chi connectivity index (χ1) is 11.5. The quantitative estimate of drug-likeness (QED) is 0.747. The van der Waals surface area contributed by atoms with Gasteiger partial charge in [0.2, 0.25) is 0 Å². The second kappa shape index (κ2) is 8.45. The van der Waals surface area contributed by atoms with Gasteiger partial charge in [0, 0.05) is 13.1 Å². The molecule has 6 heteroatoms. The van der Waals surface area contributed by atoms with Crippen molar-refractivity contribution in [2.24, 2.45) is 0 Å². The zero-order chi connectivity index (χ0) is 17.5. The molecule has 0 fully saturated rings. The Morgan fingerprint density at radius 3 is 2.42 bits per heavy atom. The summed E-state index contributed by atoms with van der Waals surface area (Å²) in [5.74, 6) is -1.06. The SMILES string of the molecule is COC(=O)CCN(Cc1ccc(F)cc1)C(=O)c1ccccc1Cl. The van der Waals surface area contributed by atoms with Gasteiger partial charge in [-0.25, -0.2) is 4.39 Å². The molecular formula is C18H17ClFNO3. The van der Waals surface area contributed by atoms with Gasteiger partial charge in [-0.1, -0.05) is 35.9 Å². The highest BCUT2D eigenvalue weighted by molar-refractivity contribution is 6.33. The van der Waals surface area contributed by atoms with E-state index in [9.17, 15) is 14.0 Å². The Labute approximate surface area is 144 Å². The lowest BCUT2D eigenvalue weighted by atomic mass is 10.1. The number of carbonyl (C=O) groups is 2. The Bertz CT molecular complexity index is 718. The van der Waals surface area contributed by atoms with Crippen molar-refractivity contribution in [3.63, 3.8) is 0 Å². The Hall–Kier alpha value is -2.40. The normalized spacial score (nSPS) is 10.3. The summed E-state index contributed by atoms with van der Waals surface area (Å²) >= 11 is 6.09. The van der Waals surface area contributed by atoms with E-state index in [0.29, 0.717) is 10.6 Å². The standard InChI is InChI=1S/C18H17ClFNO3/c1-24-17(22)10-11-21(12-13-6-8-14(20)9-7-13)18(23)15-4-2-3-5-16(15)19/h2-9H,10-12H2,1H3. The van der Waals surface area contributed by atoms with Gasteiger partial charge in [-0.15, -0.1) is 0 Å². The number of amides is 1. The molecule has 0 spiro atoms. The second-order valence-electron chi connectivity index (χ2n) is 5.16. The maximum Gasteiger partial charge on any atom is 0.307 e. The summed E-state index contributed by atoms with van der Waals surface area (Å²) in [7, 11) is 1.29. The summed E-state index contributed by atoms with van der Waals surface area (Å²) in [4.78, 5) is 25.6. The maximum atomic E-state index is 13.0. The molecule has 2 rings (SSSR count). The van der Waals surface area contributed by atoms with Crippen LogP contribution in [0.5, 0.6) is 0 Å². The number of hydrogen-bond acceptors (Lipinski definition) is 3. The molecule has 0 aliphatic heterocycles. The molecule has 0 N–H and O–H groups in total. The summed E-state index contributed by atoms with van der Waals surface area (Å²) in [5.41, 5.74) is 1.10. The van der Waals surface area contributed by atoms with Crippen LogP contribution in [0.4, 0.5) is 4.39 Å². The van der Waals surface area contributed by atoms with E-state index in [-0.39, 0.29) is 31.2 Å². The molecule has 0 atom stereocenters. The molecule has 0 radical (unpaired) electrons. The second-order valence-corrected chi connectivity index (χ2v) is 5.57. The number of carbonyl (C=O) groups excluding carboxylic acids is 2. The smallest absolute Gasteiger partial charge is 0.307 e. The van der Waals surface area contributed by atoms with Gasteiger partial charge in [-0.3, -0.25) is 9.59 Å². The van der Waals surface area contributed by atoms with Crippen molar-refractivity contribution in [1.29, 1.82) is 0 Å². The number of ether oxygens (including phenoxy) is 1. The van der Waals surface area contributed by atoms with Gasteiger partial charge < -0.3 is 9.64 Å². The molecule has 0 bridgehead atoms. The van der Waals surface area contributed by atoms with E-state index in [4.69, 9.17) is 11.6 Å². The Morgan fingerprint density at radius 2 is 1.79 bits per heavy atom. The van der Waals surface area contributed by atoms with Crippen molar-refractivity contribution in [1.82, 2.24) is 4.90 Å². The van der Waals surface area contributed by atoms with Crippen LogP contribution in [0.25, 0.3) is 0 Å². The minimum Gasteiger partial charge on any atom is -0.469 e. The average molecular weight is 350 g/mol. The van der Waals surface area contributed by atoms with Crippen LogP contribution >= 0.6 is 11.6 Å². The van der Waals surface area contributed by atoms with Crippen LogP contribution < -0.4 is 0 Å². The molecule has 4 nitrogen and oxygen atoms in total.